The molecule has 1 aliphatic rings. The summed E-state index contributed by atoms with van der Waals surface area (Å²) in [6.07, 6.45) is 2.21. The zero-order chi connectivity index (χ0) is 16.5. The van der Waals surface area contributed by atoms with Crippen molar-refractivity contribution in [3.8, 4) is 0 Å². The third-order valence-electron chi connectivity index (χ3n) is 3.83. The Morgan fingerprint density at radius 3 is 2.71 bits per heavy atom. The molecule has 1 aliphatic heterocycles. The first-order valence-corrected chi connectivity index (χ1v) is 7.86. The van der Waals surface area contributed by atoms with E-state index in [1.807, 2.05) is 18.2 Å². The lowest BCUT2D eigenvalue weighted by Crippen LogP contribution is -2.45. The molecule has 4 heterocycles. The molecule has 1 N–H and O–H groups in total. The van der Waals surface area contributed by atoms with E-state index in [1.54, 1.807) is 12.3 Å². The Hall–Kier alpha value is -2.81. The molecule has 1 saturated heterocycles. The minimum Gasteiger partial charge on any atom is -0.372 e. The number of nitrogens with one attached hydrogen (secondary N) is 1. The molecule has 0 aromatic carbocycles. The van der Waals surface area contributed by atoms with Gasteiger partial charge in [-0.25, -0.2) is 4.98 Å². The molecular weight excluding hydrogens is 308 g/mol. The maximum Gasteiger partial charge on any atom is 0.200 e. The summed E-state index contributed by atoms with van der Waals surface area (Å²) >= 11 is 0. The van der Waals surface area contributed by atoms with Crippen molar-refractivity contribution in [3.63, 3.8) is 0 Å². The second-order valence-corrected chi connectivity index (χ2v) is 5.94. The Bertz CT molecular complexity index is 823. The average Bonchev–Trinajstić information content (AvgIpc) is 3.02. The Morgan fingerprint density at radius 2 is 1.96 bits per heavy atom. The molecule has 0 unspecified atom stereocenters. The summed E-state index contributed by atoms with van der Waals surface area (Å²) in [6, 6.07) is 7.61. The number of hydrogen-bond donors (Lipinski definition) is 1. The first-order valence-electron chi connectivity index (χ1n) is 7.86. The molecule has 0 bridgehead atoms. The second-order valence-electron chi connectivity index (χ2n) is 5.94. The van der Waals surface area contributed by atoms with Crippen LogP contribution >= 0.6 is 0 Å². The standard InChI is InChI=1S/C15H18N8O/c1-10-8-22(9-11(2)24-10)14-5-3-12(7-16-14)17-13-4-6-15-18-20-21-23(15)19-13/h3-7,10-11H,8-9H2,1-2H3,(H,17,19)/t10-,11-/m0/s1. The van der Waals surface area contributed by atoms with Crippen molar-refractivity contribution >= 4 is 23.0 Å². The molecular formula is C15H18N8O. The van der Waals surface area contributed by atoms with Crippen LogP contribution in [-0.4, -0.2) is 55.5 Å². The molecule has 0 aliphatic carbocycles. The van der Waals surface area contributed by atoms with Crippen LogP contribution in [0.4, 0.5) is 17.3 Å². The van der Waals surface area contributed by atoms with Crippen LogP contribution in [0.5, 0.6) is 0 Å². The molecule has 0 amide bonds. The zero-order valence-corrected chi connectivity index (χ0v) is 13.5. The predicted molar refractivity (Wildman–Crippen MR) is 88.3 cm³/mol. The minimum absolute atomic E-state index is 0.209. The van der Waals surface area contributed by atoms with Gasteiger partial charge in [-0.1, -0.05) is 0 Å². The number of ether oxygens (including phenoxy) is 1. The van der Waals surface area contributed by atoms with Gasteiger partial charge in [-0.15, -0.1) is 14.8 Å². The topological polar surface area (TPSA) is 93.4 Å². The molecule has 3 aromatic heterocycles. The van der Waals surface area contributed by atoms with E-state index in [9.17, 15) is 0 Å². The Labute approximate surface area is 138 Å². The van der Waals surface area contributed by atoms with Crippen molar-refractivity contribution in [1.29, 1.82) is 0 Å². The Balaban J connectivity index is 1.49. The van der Waals surface area contributed by atoms with Gasteiger partial charge in [0.25, 0.3) is 0 Å². The Kier molecular flexibility index (Phi) is 3.69. The lowest BCUT2D eigenvalue weighted by atomic mass is 10.2. The lowest BCUT2D eigenvalue weighted by molar-refractivity contribution is -0.00545. The third kappa shape index (κ3) is 2.98. The van der Waals surface area contributed by atoms with Crippen molar-refractivity contribution in [1.82, 2.24) is 30.2 Å². The number of morpholine rings is 1. The minimum atomic E-state index is 0.209. The van der Waals surface area contributed by atoms with Crippen LogP contribution in [-0.2, 0) is 4.74 Å². The fraction of sp³-hybridized carbons (Fsp3) is 0.400. The van der Waals surface area contributed by atoms with Gasteiger partial charge in [0.1, 0.15) is 5.82 Å². The first kappa shape index (κ1) is 14.8. The van der Waals surface area contributed by atoms with E-state index in [0.717, 1.165) is 24.6 Å². The molecule has 3 aromatic rings. The van der Waals surface area contributed by atoms with Crippen LogP contribution in [0, 0.1) is 0 Å². The zero-order valence-electron chi connectivity index (χ0n) is 13.5. The van der Waals surface area contributed by atoms with E-state index < -0.39 is 0 Å². The summed E-state index contributed by atoms with van der Waals surface area (Å²) < 4.78 is 7.14. The number of pyridine rings is 1. The highest BCUT2D eigenvalue weighted by Crippen LogP contribution is 2.21. The summed E-state index contributed by atoms with van der Waals surface area (Å²) in [5.41, 5.74) is 1.46. The lowest BCUT2D eigenvalue weighted by Gasteiger charge is -2.36. The average molecular weight is 326 g/mol. The van der Waals surface area contributed by atoms with Gasteiger partial charge in [0.15, 0.2) is 11.5 Å². The number of aromatic nitrogens is 6. The molecule has 24 heavy (non-hydrogen) atoms. The van der Waals surface area contributed by atoms with Crippen molar-refractivity contribution in [3.05, 3.63) is 30.5 Å². The second kappa shape index (κ2) is 6.00. The molecule has 9 heteroatoms. The van der Waals surface area contributed by atoms with E-state index in [0.29, 0.717) is 11.5 Å². The molecule has 1 fully saturated rings. The molecule has 0 spiro atoms. The summed E-state index contributed by atoms with van der Waals surface area (Å²) in [7, 11) is 0. The van der Waals surface area contributed by atoms with Gasteiger partial charge >= 0.3 is 0 Å². The highest BCUT2D eigenvalue weighted by atomic mass is 16.5. The molecule has 124 valence electrons. The normalized spacial score (nSPS) is 21.2. The van der Waals surface area contributed by atoms with Crippen LogP contribution in [0.1, 0.15) is 13.8 Å². The number of anilines is 3. The van der Waals surface area contributed by atoms with Gasteiger partial charge < -0.3 is 15.0 Å². The Morgan fingerprint density at radius 1 is 1.12 bits per heavy atom. The summed E-state index contributed by atoms with van der Waals surface area (Å²) in [4.78, 5) is 6.80. The van der Waals surface area contributed by atoms with Crippen molar-refractivity contribution in [2.75, 3.05) is 23.3 Å². The van der Waals surface area contributed by atoms with Crippen LogP contribution in [0.15, 0.2) is 30.5 Å². The predicted octanol–water partition coefficient (Wildman–Crippen LogP) is 1.27. The maximum absolute atomic E-state index is 5.76. The van der Waals surface area contributed by atoms with Gasteiger partial charge in [0, 0.05) is 13.1 Å². The van der Waals surface area contributed by atoms with E-state index in [4.69, 9.17) is 4.74 Å². The first-order chi connectivity index (χ1) is 11.7. The van der Waals surface area contributed by atoms with Crippen molar-refractivity contribution in [2.24, 2.45) is 0 Å². The number of hydrogen-bond acceptors (Lipinski definition) is 8. The van der Waals surface area contributed by atoms with Crippen molar-refractivity contribution in [2.45, 2.75) is 26.1 Å². The van der Waals surface area contributed by atoms with Crippen LogP contribution in [0.2, 0.25) is 0 Å². The molecule has 0 radical (unpaired) electrons. The monoisotopic (exact) mass is 326 g/mol. The third-order valence-corrected chi connectivity index (χ3v) is 3.83. The number of nitrogens with zero attached hydrogens (tertiary/aromatic N) is 7. The summed E-state index contributed by atoms with van der Waals surface area (Å²) in [6.45, 7) is 5.86. The largest absolute Gasteiger partial charge is 0.372 e. The summed E-state index contributed by atoms with van der Waals surface area (Å²) in [5.74, 6) is 1.60. The van der Waals surface area contributed by atoms with Gasteiger partial charge in [-0.3, -0.25) is 0 Å². The quantitative estimate of drug-likeness (QED) is 0.769. The highest BCUT2D eigenvalue weighted by molar-refractivity contribution is 5.58. The molecule has 2 atom stereocenters. The molecule has 4 rings (SSSR count). The SMILES string of the molecule is C[C@H]1CN(c2ccc(Nc3ccc4nnnn4n3)cn2)C[C@H](C)O1. The van der Waals surface area contributed by atoms with Crippen LogP contribution < -0.4 is 10.2 Å². The molecule has 0 saturated carbocycles. The van der Waals surface area contributed by atoms with E-state index in [2.05, 4.69) is 49.7 Å². The smallest absolute Gasteiger partial charge is 0.200 e. The van der Waals surface area contributed by atoms with Crippen LogP contribution in [0.25, 0.3) is 5.65 Å². The van der Waals surface area contributed by atoms with Gasteiger partial charge in [-0.05, 0) is 48.5 Å². The van der Waals surface area contributed by atoms with Crippen LogP contribution in [0.3, 0.4) is 0 Å². The van der Waals surface area contributed by atoms with E-state index in [-0.39, 0.29) is 12.2 Å². The van der Waals surface area contributed by atoms with Gasteiger partial charge in [-0.2, -0.15) is 0 Å². The van der Waals surface area contributed by atoms with Gasteiger partial charge in [0.2, 0.25) is 0 Å². The number of tetrazole rings is 1. The van der Waals surface area contributed by atoms with E-state index >= 15 is 0 Å². The summed E-state index contributed by atoms with van der Waals surface area (Å²) in [5, 5.41) is 18.7. The fourth-order valence-electron chi connectivity index (χ4n) is 2.88. The number of rotatable bonds is 3. The fourth-order valence-corrected chi connectivity index (χ4v) is 2.88. The highest BCUT2D eigenvalue weighted by Gasteiger charge is 2.22. The van der Waals surface area contributed by atoms with E-state index in [1.165, 1.54) is 4.63 Å². The number of fused-ring (bicyclic) bond motifs is 1. The maximum atomic E-state index is 5.76. The molecule has 9 nitrogen and oxygen atoms in total. The van der Waals surface area contributed by atoms with Gasteiger partial charge in [0.05, 0.1) is 24.1 Å². The van der Waals surface area contributed by atoms with Crippen molar-refractivity contribution < 1.29 is 4.74 Å².